The van der Waals surface area contributed by atoms with Crippen molar-refractivity contribution in [3.63, 3.8) is 0 Å². The van der Waals surface area contributed by atoms with E-state index < -0.39 is 0 Å². The molecular weight excluding hydrogens is 236 g/mol. The Hall–Kier alpha value is -0.900. The molecule has 2 rings (SSSR count). The van der Waals surface area contributed by atoms with Crippen molar-refractivity contribution in [3.05, 3.63) is 12.2 Å². The van der Waals surface area contributed by atoms with Crippen molar-refractivity contribution >= 4 is 0 Å². The van der Waals surface area contributed by atoms with Crippen molar-refractivity contribution in [1.29, 1.82) is 0 Å². The molecule has 1 fully saturated rings. The van der Waals surface area contributed by atoms with Crippen LogP contribution in [0.2, 0.25) is 0 Å². The van der Waals surface area contributed by atoms with Crippen LogP contribution < -0.4 is 5.32 Å². The van der Waals surface area contributed by atoms with Gasteiger partial charge in [-0.3, -0.25) is 4.68 Å². The van der Waals surface area contributed by atoms with E-state index in [0.29, 0.717) is 6.04 Å². The first-order valence-electron chi connectivity index (χ1n) is 7.93. The van der Waals surface area contributed by atoms with E-state index >= 15 is 0 Å². The lowest BCUT2D eigenvalue weighted by Crippen LogP contribution is -2.30. The third kappa shape index (κ3) is 4.30. The fraction of sp³-hybridized carbons (Fsp3) is 0.867. The first-order chi connectivity index (χ1) is 9.33. The lowest BCUT2D eigenvalue weighted by atomic mass is 9.94. The number of nitrogens with one attached hydrogen (secondary N) is 1. The fourth-order valence-corrected chi connectivity index (χ4v) is 3.22. The largest absolute Gasteiger partial charge is 0.314 e. The molecule has 1 N–H and O–H groups in total. The smallest absolute Gasteiger partial charge is 0.138 e. The van der Waals surface area contributed by atoms with E-state index in [4.69, 9.17) is 0 Å². The molecule has 0 aromatic carbocycles. The van der Waals surface area contributed by atoms with Crippen LogP contribution in [0.4, 0.5) is 0 Å². The SMILES string of the molecule is CCCn1ncnc1CC1CCCCC(NCC)C1. The molecule has 108 valence electrons. The first-order valence-corrected chi connectivity index (χ1v) is 7.93. The number of hydrogen-bond acceptors (Lipinski definition) is 3. The van der Waals surface area contributed by atoms with Crippen LogP contribution in [0.5, 0.6) is 0 Å². The molecule has 0 aliphatic heterocycles. The van der Waals surface area contributed by atoms with Crippen molar-refractivity contribution in [2.24, 2.45) is 5.92 Å². The fourth-order valence-electron chi connectivity index (χ4n) is 3.22. The maximum absolute atomic E-state index is 4.46. The van der Waals surface area contributed by atoms with Gasteiger partial charge in [0.15, 0.2) is 0 Å². The van der Waals surface area contributed by atoms with Gasteiger partial charge in [-0.1, -0.05) is 26.7 Å². The summed E-state index contributed by atoms with van der Waals surface area (Å²) in [7, 11) is 0. The van der Waals surface area contributed by atoms with Gasteiger partial charge in [-0.15, -0.1) is 0 Å². The summed E-state index contributed by atoms with van der Waals surface area (Å²) in [5.41, 5.74) is 0. The summed E-state index contributed by atoms with van der Waals surface area (Å²) in [6.45, 7) is 6.48. The van der Waals surface area contributed by atoms with Crippen molar-refractivity contribution < 1.29 is 0 Å². The Morgan fingerprint density at radius 2 is 2.16 bits per heavy atom. The zero-order chi connectivity index (χ0) is 13.5. The van der Waals surface area contributed by atoms with Gasteiger partial charge >= 0.3 is 0 Å². The van der Waals surface area contributed by atoms with E-state index in [2.05, 4.69) is 33.9 Å². The molecule has 0 amide bonds. The Bertz CT molecular complexity index is 361. The van der Waals surface area contributed by atoms with Gasteiger partial charge in [-0.05, 0) is 38.1 Å². The van der Waals surface area contributed by atoms with Gasteiger partial charge in [0.1, 0.15) is 12.2 Å². The minimum Gasteiger partial charge on any atom is -0.314 e. The molecule has 1 aliphatic rings. The summed E-state index contributed by atoms with van der Waals surface area (Å²) in [5, 5.41) is 7.97. The van der Waals surface area contributed by atoms with E-state index in [0.717, 1.165) is 31.8 Å². The Balaban J connectivity index is 1.94. The van der Waals surface area contributed by atoms with E-state index in [1.54, 1.807) is 6.33 Å². The molecule has 2 unspecified atom stereocenters. The lowest BCUT2D eigenvalue weighted by Gasteiger charge is -2.20. The Morgan fingerprint density at radius 1 is 1.32 bits per heavy atom. The van der Waals surface area contributed by atoms with Crippen LogP contribution in [0.3, 0.4) is 0 Å². The van der Waals surface area contributed by atoms with Gasteiger partial charge in [0, 0.05) is 19.0 Å². The van der Waals surface area contributed by atoms with Gasteiger partial charge in [-0.2, -0.15) is 5.10 Å². The summed E-state index contributed by atoms with van der Waals surface area (Å²) in [6, 6.07) is 0.708. The Morgan fingerprint density at radius 3 is 2.95 bits per heavy atom. The summed E-state index contributed by atoms with van der Waals surface area (Å²) in [5.74, 6) is 1.95. The summed E-state index contributed by atoms with van der Waals surface area (Å²) < 4.78 is 2.09. The first kappa shape index (κ1) is 14.5. The Kier molecular flexibility index (Phi) is 5.83. The average Bonchev–Trinajstić information content (AvgIpc) is 2.70. The van der Waals surface area contributed by atoms with E-state index in [1.807, 2.05) is 0 Å². The number of aromatic nitrogens is 3. The minimum atomic E-state index is 0.708. The molecule has 1 aromatic rings. The standard InChI is InChI=1S/C15H28N4/c1-3-9-19-15(17-12-18-19)11-13-7-5-6-8-14(10-13)16-4-2/h12-14,16H,3-11H2,1-2H3. The van der Waals surface area contributed by atoms with Crippen LogP contribution in [-0.4, -0.2) is 27.4 Å². The van der Waals surface area contributed by atoms with Gasteiger partial charge in [-0.25, -0.2) is 4.98 Å². The van der Waals surface area contributed by atoms with Crippen LogP contribution >= 0.6 is 0 Å². The van der Waals surface area contributed by atoms with Gasteiger partial charge in [0.2, 0.25) is 0 Å². The maximum atomic E-state index is 4.46. The van der Waals surface area contributed by atoms with Crippen molar-refractivity contribution in [3.8, 4) is 0 Å². The zero-order valence-corrected chi connectivity index (χ0v) is 12.4. The molecule has 1 heterocycles. The average molecular weight is 264 g/mol. The topological polar surface area (TPSA) is 42.7 Å². The second-order valence-electron chi connectivity index (χ2n) is 5.74. The zero-order valence-electron chi connectivity index (χ0n) is 12.4. The Labute approximate surface area is 117 Å². The monoisotopic (exact) mass is 264 g/mol. The molecule has 0 radical (unpaired) electrons. The van der Waals surface area contributed by atoms with Crippen molar-refractivity contribution in [2.45, 2.75) is 71.4 Å². The molecule has 0 saturated heterocycles. The van der Waals surface area contributed by atoms with Crippen molar-refractivity contribution in [1.82, 2.24) is 20.1 Å². The highest BCUT2D eigenvalue weighted by atomic mass is 15.3. The van der Waals surface area contributed by atoms with Gasteiger partial charge < -0.3 is 5.32 Å². The quantitative estimate of drug-likeness (QED) is 0.803. The molecule has 4 nitrogen and oxygen atoms in total. The van der Waals surface area contributed by atoms with Crippen LogP contribution in [0, 0.1) is 5.92 Å². The minimum absolute atomic E-state index is 0.708. The summed E-state index contributed by atoms with van der Waals surface area (Å²) >= 11 is 0. The highest BCUT2D eigenvalue weighted by molar-refractivity contribution is 4.89. The van der Waals surface area contributed by atoms with Crippen LogP contribution in [0.15, 0.2) is 6.33 Å². The van der Waals surface area contributed by atoms with Crippen LogP contribution in [0.25, 0.3) is 0 Å². The molecular formula is C15H28N4. The molecule has 19 heavy (non-hydrogen) atoms. The summed E-state index contributed by atoms with van der Waals surface area (Å²) in [6.07, 6.45) is 10.7. The number of aryl methyl sites for hydroxylation is 1. The van der Waals surface area contributed by atoms with E-state index in [9.17, 15) is 0 Å². The van der Waals surface area contributed by atoms with Gasteiger partial charge in [0.05, 0.1) is 0 Å². The predicted molar refractivity (Wildman–Crippen MR) is 78.1 cm³/mol. The molecule has 1 aromatic heterocycles. The second kappa shape index (κ2) is 7.63. The molecule has 4 heteroatoms. The number of hydrogen-bond donors (Lipinski definition) is 1. The normalized spacial score (nSPS) is 24.3. The number of rotatable bonds is 6. The third-order valence-corrected chi connectivity index (χ3v) is 4.13. The molecule has 0 bridgehead atoms. The molecule has 2 atom stereocenters. The molecule has 1 saturated carbocycles. The second-order valence-corrected chi connectivity index (χ2v) is 5.74. The molecule has 0 spiro atoms. The van der Waals surface area contributed by atoms with Crippen molar-refractivity contribution in [2.75, 3.05) is 6.54 Å². The summed E-state index contributed by atoms with van der Waals surface area (Å²) in [4.78, 5) is 4.46. The number of nitrogens with zero attached hydrogens (tertiary/aromatic N) is 3. The van der Waals surface area contributed by atoms with E-state index in [-0.39, 0.29) is 0 Å². The van der Waals surface area contributed by atoms with Crippen LogP contribution in [0.1, 0.15) is 58.2 Å². The predicted octanol–water partition coefficient (Wildman–Crippen LogP) is 2.79. The third-order valence-electron chi connectivity index (χ3n) is 4.13. The van der Waals surface area contributed by atoms with Crippen LogP contribution in [-0.2, 0) is 13.0 Å². The van der Waals surface area contributed by atoms with E-state index in [1.165, 1.54) is 37.9 Å². The maximum Gasteiger partial charge on any atom is 0.138 e. The molecule has 1 aliphatic carbocycles. The van der Waals surface area contributed by atoms with Gasteiger partial charge in [0.25, 0.3) is 0 Å². The highest BCUT2D eigenvalue weighted by Crippen LogP contribution is 2.26. The lowest BCUT2D eigenvalue weighted by molar-refractivity contribution is 0.377. The highest BCUT2D eigenvalue weighted by Gasteiger charge is 2.21.